The van der Waals surface area contributed by atoms with E-state index in [9.17, 15) is 38.7 Å². The predicted molar refractivity (Wildman–Crippen MR) is 119 cm³/mol. The van der Waals surface area contributed by atoms with E-state index in [0.29, 0.717) is 19.4 Å². The fraction of sp³-hybridized carbons (Fsp3) is 0.632. The van der Waals surface area contributed by atoms with E-state index in [2.05, 4.69) is 10.6 Å². The summed E-state index contributed by atoms with van der Waals surface area (Å²) in [5, 5.41) is 44.5. The van der Waals surface area contributed by atoms with Gasteiger partial charge in [0.05, 0.1) is 32.0 Å². The van der Waals surface area contributed by atoms with Gasteiger partial charge in [-0.05, 0) is 25.8 Å². The molecule has 0 aliphatic rings. The number of hydrogen-bond acceptors (Lipinski definition) is 10. The summed E-state index contributed by atoms with van der Waals surface area (Å²) < 4.78 is 0. The van der Waals surface area contributed by atoms with Gasteiger partial charge in [0.2, 0.25) is 23.6 Å². The molecule has 0 aromatic heterocycles. The molecule has 12 N–H and O–H groups in total. The third kappa shape index (κ3) is 13.2. The van der Waals surface area contributed by atoms with Gasteiger partial charge in [-0.3, -0.25) is 28.8 Å². The number of aliphatic hydroxyl groups excluding tert-OH is 1. The molecule has 4 amide bonds. The number of nitrogens with one attached hydrogen (secondary N) is 4. The van der Waals surface area contributed by atoms with E-state index in [4.69, 9.17) is 26.8 Å². The van der Waals surface area contributed by atoms with Crippen molar-refractivity contribution >= 4 is 41.5 Å². The largest absolute Gasteiger partial charge is 0.481 e. The minimum Gasteiger partial charge on any atom is -0.481 e. The average molecular weight is 520 g/mol. The number of rotatable bonds is 18. The van der Waals surface area contributed by atoms with E-state index >= 15 is 0 Å². The first-order valence-electron chi connectivity index (χ1n) is 10.7. The molecule has 0 rings (SSSR count). The molecule has 0 aromatic rings. The molecule has 17 nitrogen and oxygen atoms in total. The van der Waals surface area contributed by atoms with Crippen LogP contribution in [0.3, 0.4) is 0 Å². The van der Waals surface area contributed by atoms with Gasteiger partial charge in [0.1, 0.15) is 18.1 Å². The Bertz CT molecular complexity index is 822. The first-order chi connectivity index (χ1) is 16.8. The first-order valence-corrected chi connectivity index (χ1v) is 10.7. The summed E-state index contributed by atoms with van der Waals surface area (Å²) in [7, 11) is 0. The number of amides is 4. The highest BCUT2D eigenvalue weighted by Crippen LogP contribution is 2.01. The van der Waals surface area contributed by atoms with Gasteiger partial charge in [0, 0.05) is 0 Å². The normalized spacial score (nSPS) is 13.9. The van der Waals surface area contributed by atoms with Gasteiger partial charge < -0.3 is 53.2 Å². The van der Waals surface area contributed by atoms with Crippen molar-refractivity contribution in [1.29, 1.82) is 0 Å². The lowest BCUT2D eigenvalue weighted by atomic mass is 10.1. The maximum atomic E-state index is 12.4. The number of aliphatic hydroxyl groups is 1. The highest BCUT2D eigenvalue weighted by Gasteiger charge is 2.30. The quantitative estimate of drug-likeness (QED) is 0.0758. The SMILES string of the molecule is NCCCCC(NC(=O)CNC(=O)C(CC(=O)O)NC(=O)C(CO)NC(=O)C(N)CC(=O)O)C(=O)O. The zero-order valence-corrected chi connectivity index (χ0v) is 19.3. The lowest BCUT2D eigenvalue weighted by molar-refractivity contribution is -0.143. The van der Waals surface area contributed by atoms with Gasteiger partial charge in [-0.15, -0.1) is 0 Å². The van der Waals surface area contributed by atoms with Crippen molar-refractivity contribution in [2.24, 2.45) is 11.5 Å². The Kier molecular flexibility index (Phi) is 15.0. The highest BCUT2D eigenvalue weighted by atomic mass is 16.4. The van der Waals surface area contributed by atoms with Crippen molar-refractivity contribution in [3.8, 4) is 0 Å². The molecule has 36 heavy (non-hydrogen) atoms. The van der Waals surface area contributed by atoms with Crippen LogP contribution < -0.4 is 32.7 Å². The third-order valence-electron chi connectivity index (χ3n) is 4.56. The fourth-order valence-electron chi connectivity index (χ4n) is 2.70. The van der Waals surface area contributed by atoms with Crippen molar-refractivity contribution in [3.05, 3.63) is 0 Å². The van der Waals surface area contributed by atoms with Crippen LogP contribution in [0.4, 0.5) is 0 Å². The molecule has 0 aromatic carbocycles. The molecule has 4 atom stereocenters. The van der Waals surface area contributed by atoms with Crippen LogP contribution in [0.1, 0.15) is 32.1 Å². The zero-order chi connectivity index (χ0) is 27.8. The fourth-order valence-corrected chi connectivity index (χ4v) is 2.70. The number of unbranched alkanes of at least 4 members (excludes halogenated alkanes) is 1. The molecule has 0 fully saturated rings. The zero-order valence-electron chi connectivity index (χ0n) is 19.3. The molecule has 4 unspecified atom stereocenters. The summed E-state index contributed by atoms with van der Waals surface area (Å²) in [6.07, 6.45) is -0.660. The summed E-state index contributed by atoms with van der Waals surface area (Å²) >= 11 is 0. The molecule has 0 aliphatic carbocycles. The minimum absolute atomic E-state index is 0.0916. The smallest absolute Gasteiger partial charge is 0.326 e. The molecular weight excluding hydrogens is 488 g/mol. The lowest BCUT2D eigenvalue weighted by Crippen LogP contribution is -2.58. The van der Waals surface area contributed by atoms with Crippen LogP contribution in [0.2, 0.25) is 0 Å². The van der Waals surface area contributed by atoms with E-state index in [-0.39, 0.29) is 6.42 Å². The van der Waals surface area contributed by atoms with Crippen LogP contribution in [0, 0.1) is 0 Å². The van der Waals surface area contributed by atoms with E-state index in [0.717, 1.165) is 0 Å². The summed E-state index contributed by atoms with van der Waals surface area (Å²) in [5.74, 6) is -8.51. The Labute approximate surface area is 204 Å². The maximum absolute atomic E-state index is 12.4. The Hall–Kier alpha value is -3.83. The molecule has 0 spiro atoms. The minimum atomic E-state index is -1.75. The molecule has 17 heteroatoms. The maximum Gasteiger partial charge on any atom is 0.326 e. The topological polar surface area (TPSA) is 301 Å². The molecular formula is C19H32N6O11. The number of carbonyl (C=O) groups is 7. The molecule has 0 bridgehead atoms. The molecule has 0 aliphatic heterocycles. The van der Waals surface area contributed by atoms with Crippen LogP contribution in [-0.4, -0.2) is 106 Å². The van der Waals surface area contributed by atoms with E-state index in [1.54, 1.807) is 0 Å². The number of aliphatic carboxylic acids is 3. The number of nitrogens with two attached hydrogens (primary N) is 2. The van der Waals surface area contributed by atoms with Crippen molar-refractivity contribution in [2.45, 2.75) is 56.3 Å². The Morgan fingerprint density at radius 3 is 1.81 bits per heavy atom. The monoisotopic (exact) mass is 520 g/mol. The van der Waals surface area contributed by atoms with Crippen molar-refractivity contribution in [1.82, 2.24) is 21.3 Å². The predicted octanol–water partition coefficient (Wildman–Crippen LogP) is -4.96. The second kappa shape index (κ2) is 16.7. The van der Waals surface area contributed by atoms with Crippen LogP contribution in [0.15, 0.2) is 0 Å². The number of carbonyl (C=O) groups excluding carboxylic acids is 4. The van der Waals surface area contributed by atoms with E-state index < -0.39 is 91.7 Å². The second-order valence-corrected chi connectivity index (χ2v) is 7.57. The molecule has 204 valence electrons. The molecule has 0 saturated heterocycles. The lowest BCUT2D eigenvalue weighted by Gasteiger charge is -2.22. The van der Waals surface area contributed by atoms with Gasteiger partial charge in [-0.1, -0.05) is 0 Å². The molecule has 0 radical (unpaired) electrons. The Morgan fingerprint density at radius 2 is 1.31 bits per heavy atom. The van der Waals surface area contributed by atoms with Crippen LogP contribution in [0.25, 0.3) is 0 Å². The van der Waals surface area contributed by atoms with E-state index in [1.807, 2.05) is 10.6 Å². The van der Waals surface area contributed by atoms with Gasteiger partial charge in [0.15, 0.2) is 0 Å². The molecule has 0 heterocycles. The van der Waals surface area contributed by atoms with E-state index in [1.165, 1.54) is 0 Å². The van der Waals surface area contributed by atoms with Crippen molar-refractivity contribution in [3.63, 3.8) is 0 Å². The summed E-state index contributed by atoms with van der Waals surface area (Å²) in [5.41, 5.74) is 10.7. The van der Waals surface area contributed by atoms with Gasteiger partial charge >= 0.3 is 17.9 Å². The number of hydrogen-bond donors (Lipinski definition) is 10. The van der Waals surface area contributed by atoms with Gasteiger partial charge in [-0.25, -0.2) is 4.79 Å². The number of carboxylic acid groups (broad SMARTS) is 3. The Morgan fingerprint density at radius 1 is 0.722 bits per heavy atom. The molecule has 0 saturated carbocycles. The second-order valence-electron chi connectivity index (χ2n) is 7.57. The summed E-state index contributed by atoms with van der Waals surface area (Å²) in [6.45, 7) is -1.40. The van der Waals surface area contributed by atoms with Gasteiger partial charge in [-0.2, -0.15) is 0 Å². The highest BCUT2D eigenvalue weighted by molar-refractivity contribution is 5.96. The number of carboxylic acids is 3. The van der Waals surface area contributed by atoms with Crippen LogP contribution >= 0.6 is 0 Å². The third-order valence-corrected chi connectivity index (χ3v) is 4.56. The van der Waals surface area contributed by atoms with Crippen molar-refractivity contribution < 1.29 is 54.0 Å². The summed E-state index contributed by atoms with van der Waals surface area (Å²) in [6, 6.07) is -6.24. The van der Waals surface area contributed by atoms with Crippen LogP contribution in [0.5, 0.6) is 0 Å². The van der Waals surface area contributed by atoms with Crippen molar-refractivity contribution in [2.75, 3.05) is 19.7 Å². The van der Waals surface area contributed by atoms with Crippen LogP contribution in [-0.2, 0) is 33.6 Å². The van der Waals surface area contributed by atoms with Gasteiger partial charge in [0.25, 0.3) is 0 Å². The Balaban J connectivity index is 5.08. The summed E-state index contributed by atoms with van der Waals surface area (Å²) in [4.78, 5) is 81.7. The first kappa shape index (κ1) is 32.2. The standard InChI is InChI=1S/C19H32N6O11/c20-4-2-1-3-10(19(35)36)23-13(27)7-22-17(33)11(6-15(30)31)24-18(34)12(8-26)25-16(32)9(21)5-14(28)29/h9-12,26H,1-8,20-21H2,(H,22,33)(H,23,27)(H,24,34)(H,25,32)(H,28,29)(H,30,31)(H,35,36). The average Bonchev–Trinajstić information content (AvgIpc) is 2.78.